The summed E-state index contributed by atoms with van der Waals surface area (Å²) in [5.41, 5.74) is 0. The van der Waals surface area contributed by atoms with Crippen molar-refractivity contribution in [1.82, 2.24) is 4.90 Å². The molecule has 1 heterocycles. The average Bonchev–Trinajstić information content (AvgIpc) is 1.98. The number of amides is 1. The fourth-order valence-corrected chi connectivity index (χ4v) is 0.979. The molecule has 3 heteroatoms. The molecule has 1 amide bonds. The highest BCUT2D eigenvalue weighted by molar-refractivity contribution is 5.79. The molecule has 0 aromatic carbocycles. The maximum Gasteiger partial charge on any atom is 0.225 e. The second-order valence-electron chi connectivity index (χ2n) is 2.52. The first kappa shape index (κ1) is 6.55. The number of likely N-dealkylation sites (N-methyl/N-ethyl adjacent to an activating group) is 1. The van der Waals surface area contributed by atoms with Gasteiger partial charge in [0.25, 0.3) is 0 Å². The molecule has 3 nitrogen and oxygen atoms in total. The molecule has 0 spiro atoms. The van der Waals surface area contributed by atoms with Crippen molar-refractivity contribution in [3.8, 4) is 0 Å². The standard InChI is InChI=1S/C6H11NO2/c1-4-5(8)3-6(9)7(4)2/h4-5,8H,3H2,1-2H3/t4-,5+/m0/s1. The van der Waals surface area contributed by atoms with E-state index in [2.05, 4.69) is 0 Å². The predicted octanol–water partition coefficient (Wildman–Crippen LogP) is -0.402. The second-order valence-corrected chi connectivity index (χ2v) is 2.52. The predicted molar refractivity (Wildman–Crippen MR) is 32.9 cm³/mol. The van der Waals surface area contributed by atoms with Crippen LogP contribution in [0.5, 0.6) is 0 Å². The summed E-state index contributed by atoms with van der Waals surface area (Å²) in [6.45, 7) is 1.84. The van der Waals surface area contributed by atoms with Crippen LogP contribution in [0.15, 0.2) is 0 Å². The molecule has 1 rings (SSSR count). The van der Waals surface area contributed by atoms with Crippen molar-refractivity contribution in [2.45, 2.75) is 25.5 Å². The summed E-state index contributed by atoms with van der Waals surface area (Å²) in [5.74, 6) is 0.0370. The molecular weight excluding hydrogens is 118 g/mol. The number of likely N-dealkylation sites (tertiary alicyclic amines) is 1. The van der Waals surface area contributed by atoms with Gasteiger partial charge in [-0.15, -0.1) is 0 Å². The minimum absolute atomic E-state index is 0.00231. The summed E-state index contributed by atoms with van der Waals surface area (Å²) in [6, 6.07) is -0.00231. The maximum absolute atomic E-state index is 10.8. The zero-order valence-electron chi connectivity index (χ0n) is 5.66. The molecule has 0 radical (unpaired) electrons. The molecule has 1 aliphatic heterocycles. The van der Waals surface area contributed by atoms with E-state index in [4.69, 9.17) is 5.11 Å². The third-order valence-electron chi connectivity index (χ3n) is 1.94. The Labute approximate surface area is 54.3 Å². The van der Waals surface area contributed by atoms with Crippen molar-refractivity contribution in [3.63, 3.8) is 0 Å². The van der Waals surface area contributed by atoms with Crippen molar-refractivity contribution in [1.29, 1.82) is 0 Å². The van der Waals surface area contributed by atoms with Crippen LogP contribution < -0.4 is 0 Å². The van der Waals surface area contributed by atoms with Crippen LogP contribution in [0, 0.1) is 0 Å². The summed E-state index contributed by atoms with van der Waals surface area (Å²) in [6.07, 6.45) is -0.167. The third-order valence-corrected chi connectivity index (χ3v) is 1.94. The number of carbonyl (C=O) groups excluding carboxylic acids is 1. The van der Waals surface area contributed by atoms with Gasteiger partial charge in [-0.1, -0.05) is 0 Å². The van der Waals surface area contributed by atoms with Gasteiger partial charge >= 0.3 is 0 Å². The van der Waals surface area contributed by atoms with Gasteiger partial charge in [-0.3, -0.25) is 4.79 Å². The summed E-state index contributed by atoms with van der Waals surface area (Å²) < 4.78 is 0. The zero-order valence-corrected chi connectivity index (χ0v) is 5.66. The molecule has 0 saturated carbocycles. The number of aliphatic hydroxyl groups excluding tert-OH is 1. The zero-order chi connectivity index (χ0) is 7.02. The summed E-state index contributed by atoms with van der Waals surface area (Å²) >= 11 is 0. The Balaban J connectivity index is 2.65. The number of nitrogens with zero attached hydrogens (tertiary/aromatic N) is 1. The Kier molecular flexibility index (Phi) is 1.45. The summed E-state index contributed by atoms with van der Waals surface area (Å²) in [5, 5.41) is 9.08. The quantitative estimate of drug-likeness (QED) is 0.483. The lowest BCUT2D eigenvalue weighted by Gasteiger charge is -2.15. The second kappa shape index (κ2) is 1.99. The van der Waals surface area contributed by atoms with E-state index >= 15 is 0 Å². The fourth-order valence-electron chi connectivity index (χ4n) is 0.979. The van der Waals surface area contributed by atoms with Gasteiger partial charge in [-0.05, 0) is 6.92 Å². The molecule has 1 fully saturated rings. The Bertz CT molecular complexity index is 135. The van der Waals surface area contributed by atoms with Crippen molar-refractivity contribution >= 4 is 5.91 Å². The SMILES string of the molecule is C[C@H]1[C@H](O)CC(=O)N1C. The molecule has 2 atom stereocenters. The highest BCUT2D eigenvalue weighted by Crippen LogP contribution is 2.15. The van der Waals surface area contributed by atoms with Crippen molar-refractivity contribution in [2.75, 3.05) is 7.05 Å². The Hall–Kier alpha value is -0.570. The van der Waals surface area contributed by atoms with E-state index < -0.39 is 6.10 Å². The molecule has 1 saturated heterocycles. The van der Waals surface area contributed by atoms with Gasteiger partial charge in [0.05, 0.1) is 18.6 Å². The lowest BCUT2D eigenvalue weighted by atomic mass is 10.2. The Morgan fingerprint density at radius 2 is 2.33 bits per heavy atom. The van der Waals surface area contributed by atoms with Gasteiger partial charge in [0, 0.05) is 7.05 Å². The molecule has 0 aromatic rings. The normalized spacial score (nSPS) is 35.9. The van der Waals surface area contributed by atoms with Gasteiger partial charge in [-0.2, -0.15) is 0 Å². The van der Waals surface area contributed by atoms with Crippen molar-refractivity contribution in [2.24, 2.45) is 0 Å². The molecule has 52 valence electrons. The van der Waals surface area contributed by atoms with Gasteiger partial charge < -0.3 is 10.0 Å². The van der Waals surface area contributed by atoms with Gasteiger partial charge in [0.1, 0.15) is 0 Å². The summed E-state index contributed by atoms with van der Waals surface area (Å²) in [7, 11) is 1.71. The molecule has 1 N–H and O–H groups in total. The van der Waals surface area contributed by atoms with Crippen LogP contribution in [-0.2, 0) is 4.79 Å². The first-order valence-corrected chi connectivity index (χ1v) is 3.06. The van der Waals surface area contributed by atoms with Crippen LogP contribution in [-0.4, -0.2) is 35.1 Å². The van der Waals surface area contributed by atoms with E-state index in [1.54, 1.807) is 11.9 Å². The highest BCUT2D eigenvalue weighted by atomic mass is 16.3. The molecule has 0 bridgehead atoms. The third kappa shape index (κ3) is 0.920. The van der Waals surface area contributed by atoms with E-state index in [1.165, 1.54) is 0 Å². The first-order valence-electron chi connectivity index (χ1n) is 3.06. The van der Waals surface area contributed by atoms with Crippen molar-refractivity contribution < 1.29 is 9.90 Å². The van der Waals surface area contributed by atoms with E-state index in [0.29, 0.717) is 0 Å². The van der Waals surface area contributed by atoms with Crippen LogP contribution in [0.25, 0.3) is 0 Å². The van der Waals surface area contributed by atoms with Gasteiger partial charge in [-0.25, -0.2) is 0 Å². The van der Waals surface area contributed by atoms with Crippen molar-refractivity contribution in [3.05, 3.63) is 0 Å². The molecule has 1 aliphatic rings. The molecule has 0 aromatic heterocycles. The van der Waals surface area contributed by atoms with Gasteiger partial charge in [0.2, 0.25) is 5.91 Å². The van der Waals surface area contributed by atoms with Crippen LogP contribution in [0.1, 0.15) is 13.3 Å². The minimum atomic E-state index is -0.456. The molecule has 9 heavy (non-hydrogen) atoms. The number of hydrogen-bond donors (Lipinski definition) is 1. The van der Waals surface area contributed by atoms with Crippen LogP contribution in [0.3, 0.4) is 0 Å². The average molecular weight is 129 g/mol. The van der Waals surface area contributed by atoms with Crippen LogP contribution in [0.4, 0.5) is 0 Å². The van der Waals surface area contributed by atoms with E-state index in [1.807, 2.05) is 6.92 Å². The van der Waals surface area contributed by atoms with Gasteiger partial charge in [0.15, 0.2) is 0 Å². The fraction of sp³-hybridized carbons (Fsp3) is 0.833. The number of rotatable bonds is 0. The molecule has 0 unspecified atom stereocenters. The van der Waals surface area contributed by atoms with Crippen LogP contribution >= 0.6 is 0 Å². The number of aliphatic hydroxyl groups is 1. The first-order chi connectivity index (χ1) is 4.13. The maximum atomic E-state index is 10.8. The van der Waals surface area contributed by atoms with Crippen LogP contribution in [0.2, 0.25) is 0 Å². The van der Waals surface area contributed by atoms with E-state index in [0.717, 1.165) is 0 Å². The summed E-state index contributed by atoms with van der Waals surface area (Å²) in [4.78, 5) is 12.3. The number of hydrogen-bond acceptors (Lipinski definition) is 2. The smallest absolute Gasteiger partial charge is 0.225 e. The largest absolute Gasteiger partial charge is 0.390 e. The Morgan fingerprint density at radius 1 is 1.78 bits per heavy atom. The van der Waals surface area contributed by atoms with E-state index in [9.17, 15) is 4.79 Å². The number of carbonyl (C=O) groups is 1. The lowest BCUT2D eigenvalue weighted by molar-refractivity contribution is -0.127. The molecular formula is C6H11NO2. The molecule has 0 aliphatic carbocycles. The topological polar surface area (TPSA) is 40.5 Å². The lowest BCUT2D eigenvalue weighted by Crippen LogP contribution is -2.30. The Morgan fingerprint density at radius 3 is 2.44 bits per heavy atom. The highest BCUT2D eigenvalue weighted by Gasteiger charge is 2.32. The monoisotopic (exact) mass is 129 g/mol. The van der Waals surface area contributed by atoms with E-state index in [-0.39, 0.29) is 18.4 Å². The minimum Gasteiger partial charge on any atom is -0.390 e.